The van der Waals surface area contributed by atoms with E-state index < -0.39 is 5.97 Å². The normalized spacial score (nSPS) is 24.3. The van der Waals surface area contributed by atoms with Gasteiger partial charge in [-0.25, -0.2) is 4.39 Å². The lowest BCUT2D eigenvalue weighted by Crippen LogP contribution is -2.26. The molecule has 1 fully saturated rings. The van der Waals surface area contributed by atoms with Crippen LogP contribution in [0.4, 0.5) is 4.39 Å². The first-order valence-corrected chi connectivity index (χ1v) is 6.27. The Morgan fingerprint density at radius 1 is 1.56 bits per heavy atom. The molecule has 2 rings (SSSR count). The van der Waals surface area contributed by atoms with Crippen LogP contribution in [0.5, 0.6) is 0 Å². The zero-order chi connectivity index (χ0) is 13.1. The molecule has 0 aliphatic carbocycles. The molecule has 1 aromatic rings. The molecule has 0 amide bonds. The molecule has 1 heterocycles. The molecule has 1 saturated heterocycles. The van der Waals surface area contributed by atoms with Gasteiger partial charge in [0.15, 0.2) is 0 Å². The summed E-state index contributed by atoms with van der Waals surface area (Å²) >= 11 is 0. The number of rotatable bonds is 4. The third kappa shape index (κ3) is 3.07. The number of carbonyl (C=O) groups is 1. The van der Waals surface area contributed by atoms with Crippen molar-refractivity contribution >= 4 is 5.97 Å². The number of halogens is 1. The van der Waals surface area contributed by atoms with Crippen LogP contribution in [-0.2, 0) is 4.79 Å². The highest BCUT2D eigenvalue weighted by Gasteiger charge is 2.30. The third-order valence-electron chi connectivity index (χ3n) is 3.46. The van der Waals surface area contributed by atoms with E-state index in [0.717, 1.165) is 18.5 Å². The molecule has 2 atom stereocenters. The molecule has 0 radical (unpaired) electrons. The predicted octanol–water partition coefficient (Wildman–Crippen LogP) is 2.68. The second-order valence-electron chi connectivity index (χ2n) is 5.05. The Labute approximate surface area is 106 Å². The van der Waals surface area contributed by atoms with Crippen molar-refractivity contribution < 1.29 is 14.3 Å². The van der Waals surface area contributed by atoms with Crippen molar-refractivity contribution in [1.82, 2.24) is 4.90 Å². The van der Waals surface area contributed by atoms with Gasteiger partial charge < -0.3 is 5.11 Å². The number of carboxylic acids is 1. The lowest BCUT2D eigenvalue weighted by Gasteiger charge is -2.24. The van der Waals surface area contributed by atoms with Crippen LogP contribution in [0.25, 0.3) is 0 Å². The standard InChI is InChI=1S/C14H18FNO2/c1-10-7-13(11-3-2-4-12(15)8-11)16(9-10)6-5-14(17)18/h2-4,8,10,13H,5-7,9H2,1H3,(H,17,18)/t10-,13+/m1/s1. The highest BCUT2D eigenvalue weighted by Crippen LogP contribution is 2.35. The summed E-state index contributed by atoms with van der Waals surface area (Å²) in [6, 6.07) is 6.76. The lowest BCUT2D eigenvalue weighted by atomic mass is 10.0. The Morgan fingerprint density at radius 2 is 2.33 bits per heavy atom. The molecule has 1 N–H and O–H groups in total. The van der Waals surface area contributed by atoms with Crippen LogP contribution in [0, 0.1) is 11.7 Å². The number of hydrogen-bond acceptors (Lipinski definition) is 2. The minimum Gasteiger partial charge on any atom is -0.481 e. The van der Waals surface area contributed by atoms with Gasteiger partial charge in [0.1, 0.15) is 5.82 Å². The molecule has 1 aliphatic rings. The van der Waals surface area contributed by atoms with Crippen molar-refractivity contribution in [3.63, 3.8) is 0 Å². The van der Waals surface area contributed by atoms with Crippen molar-refractivity contribution in [3.05, 3.63) is 35.6 Å². The molecule has 18 heavy (non-hydrogen) atoms. The summed E-state index contributed by atoms with van der Waals surface area (Å²) in [6.45, 7) is 3.56. The molecule has 3 nitrogen and oxygen atoms in total. The van der Waals surface area contributed by atoms with Crippen molar-refractivity contribution in [2.75, 3.05) is 13.1 Å². The van der Waals surface area contributed by atoms with Crippen molar-refractivity contribution in [3.8, 4) is 0 Å². The van der Waals surface area contributed by atoms with Crippen LogP contribution in [0.1, 0.15) is 31.4 Å². The molecule has 0 spiro atoms. The second-order valence-corrected chi connectivity index (χ2v) is 5.05. The molecular formula is C14H18FNO2. The molecule has 0 saturated carbocycles. The molecule has 0 unspecified atom stereocenters. The van der Waals surface area contributed by atoms with Gasteiger partial charge in [-0.2, -0.15) is 0 Å². The fourth-order valence-corrected chi connectivity index (χ4v) is 2.68. The number of nitrogens with zero attached hydrogens (tertiary/aromatic N) is 1. The monoisotopic (exact) mass is 251 g/mol. The quantitative estimate of drug-likeness (QED) is 0.894. The average Bonchev–Trinajstić information content (AvgIpc) is 2.68. The summed E-state index contributed by atoms with van der Waals surface area (Å²) in [5.41, 5.74) is 0.949. The van der Waals surface area contributed by atoms with Gasteiger partial charge in [-0.15, -0.1) is 0 Å². The van der Waals surface area contributed by atoms with Crippen LogP contribution in [-0.4, -0.2) is 29.1 Å². The summed E-state index contributed by atoms with van der Waals surface area (Å²) < 4.78 is 13.2. The van der Waals surface area contributed by atoms with E-state index in [1.807, 2.05) is 6.07 Å². The van der Waals surface area contributed by atoms with Gasteiger partial charge in [-0.1, -0.05) is 19.1 Å². The van der Waals surface area contributed by atoms with Crippen LogP contribution >= 0.6 is 0 Å². The van der Waals surface area contributed by atoms with Crippen molar-refractivity contribution in [2.24, 2.45) is 5.92 Å². The summed E-state index contributed by atoms with van der Waals surface area (Å²) in [7, 11) is 0. The lowest BCUT2D eigenvalue weighted by molar-refractivity contribution is -0.137. The molecule has 98 valence electrons. The van der Waals surface area contributed by atoms with Gasteiger partial charge in [-0.3, -0.25) is 9.69 Å². The van der Waals surface area contributed by atoms with Gasteiger partial charge in [-0.05, 0) is 30.0 Å². The molecule has 0 bridgehead atoms. The Hall–Kier alpha value is -1.42. The highest BCUT2D eigenvalue weighted by atomic mass is 19.1. The SMILES string of the molecule is C[C@@H]1C[C@@H](c2cccc(F)c2)N(CCC(=O)O)C1. The number of hydrogen-bond donors (Lipinski definition) is 1. The Bertz CT molecular complexity index is 436. The number of carboxylic acid groups (broad SMARTS) is 1. The zero-order valence-corrected chi connectivity index (χ0v) is 10.5. The van der Waals surface area contributed by atoms with E-state index in [9.17, 15) is 9.18 Å². The minimum atomic E-state index is -0.785. The zero-order valence-electron chi connectivity index (χ0n) is 10.5. The van der Waals surface area contributed by atoms with Crippen LogP contribution in [0.2, 0.25) is 0 Å². The van der Waals surface area contributed by atoms with E-state index in [4.69, 9.17) is 5.11 Å². The van der Waals surface area contributed by atoms with Crippen molar-refractivity contribution in [1.29, 1.82) is 0 Å². The summed E-state index contributed by atoms with van der Waals surface area (Å²) in [6.07, 6.45) is 1.10. The van der Waals surface area contributed by atoms with Gasteiger partial charge in [0.25, 0.3) is 0 Å². The topological polar surface area (TPSA) is 40.5 Å². The van der Waals surface area contributed by atoms with Crippen LogP contribution in [0.3, 0.4) is 0 Å². The number of likely N-dealkylation sites (tertiary alicyclic amines) is 1. The molecule has 4 heteroatoms. The first-order valence-electron chi connectivity index (χ1n) is 6.27. The van der Waals surface area contributed by atoms with E-state index in [-0.39, 0.29) is 18.3 Å². The Morgan fingerprint density at radius 3 is 3.00 bits per heavy atom. The predicted molar refractivity (Wildman–Crippen MR) is 66.7 cm³/mol. The van der Waals surface area contributed by atoms with Gasteiger partial charge in [0, 0.05) is 19.1 Å². The number of aliphatic carboxylic acids is 1. The van der Waals surface area contributed by atoms with E-state index in [1.54, 1.807) is 12.1 Å². The number of benzene rings is 1. The van der Waals surface area contributed by atoms with Gasteiger partial charge in [0.2, 0.25) is 0 Å². The maximum absolute atomic E-state index is 13.2. The molecule has 0 aromatic heterocycles. The van der Waals surface area contributed by atoms with Gasteiger partial charge in [0.05, 0.1) is 6.42 Å². The van der Waals surface area contributed by atoms with Gasteiger partial charge >= 0.3 is 5.97 Å². The van der Waals surface area contributed by atoms with E-state index in [1.165, 1.54) is 6.07 Å². The fraction of sp³-hybridized carbons (Fsp3) is 0.500. The minimum absolute atomic E-state index is 0.137. The van der Waals surface area contributed by atoms with E-state index in [2.05, 4.69) is 11.8 Å². The summed E-state index contributed by atoms with van der Waals surface area (Å²) in [4.78, 5) is 12.8. The summed E-state index contributed by atoms with van der Waals surface area (Å²) in [5.74, 6) is -0.496. The first-order chi connectivity index (χ1) is 8.56. The molecule has 1 aromatic carbocycles. The maximum Gasteiger partial charge on any atom is 0.304 e. The van der Waals surface area contributed by atoms with Crippen LogP contribution < -0.4 is 0 Å². The van der Waals surface area contributed by atoms with Crippen LogP contribution in [0.15, 0.2) is 24.3 Å². The largest absolute Gasteiger partial charge is 0.481 e. The Kier molecular flexibility index (Phi) is 3.97. The first kappa shape index (κ1) is 13.0. The third-order valence-corrected chi connectivity index (χ3v) is 3.46. The van der Waals surface area contributed by atoms with E-state index >= 15 is 0 Å². The molecule has 1 aliphatic heterocycles. The highest BCUT2D eigenvalue weighted by molar-refractivity contribution is 5.66. The van der Waals surface area contributed by atoms with Crippen molar-refractivity contribution in [2.45, 2.75) is 25.8 Å². The second kappa shape index (κ2) is 5.48. The molecular weight excluding hydrogens is 233 g/mol. The summed E-state index contributed by atoms with van der Waals surface area (Å²) in [5, 5.41) is 8.75. The Balaban J connectivity index is 2.11. The smallest absolute Gasteiger partial charge is 0.304 e. The maximum atomic E-state index is 13.2. The average molecular weight is 251 g/mol. The van der Waals surface area contributed by atoms with E-state index in [0.29, 0.717) is 12.5 Å². The fourth-order valence-electron chi connectivity index (χ4n) is 2.68.